The first kappa shape index (κ1) is 21.2. The van der Waals surface area contributed by atoms with Gasteiger partial charge in [-0.15, -0.1) is 0 Å². The molecule has 0 aliphatic carbocycles. The van der Waals surface area contributed by atoms with Crippen LogP contribution in [0, 0.1) is 5.82 Å². The number of amides is 1. The van der Waals surface area contributed by atoms with Gasteiger partial charge in [0, 0.05) is 0 Å². The lowest BCUT2D eigenvalue weighted by Crippen LogP contribution is -2.35. The van der Waals surface area contributed by atoms with Gasteiger partial charge in [-0.1, -0.05) is 11.6 Å². The van der Waals surface area contributed by atoms with E-state index in [2.05, 4.69) is 5.32 Å². The van der Waals surface area contributed by atoms with Crippen LogP contribution in [-0.4, -0.2) is 35.7 Å². The lowest BCUT2D eigenvalue weighted by molar-refractivity contribution is 0.0488. The minimum atomic E-state index is -1.48. The largest absolute Gasteiger partial charge is 0.493 e. The Hall–Kier alpha value is -1.86. The van der Waals surface area contributed by atoms with Gasteiger partial charge in [0.25, 0.3) is 0 Å². The normalized spacial score (nSPS) is 12.5. The van der Waals surface area contributed by atoms with Gasteiger partial charge in [0.2, 0.25) is 0 Å². The van der Waals surface area contributed by atoms with Crippen molar-refractivity contribution < 1.29 is 28.6 Å². The van der Waals surface area contributed by atoms with Crippen LogP contribution in [0.4, 0.5) is 9.18 Å². The number of carbonyl (C=O) groups excluding carboxylic acids is 2. The molecule has 25 heavy (non-hydrogen) atoms. The van der Waals surface area contributed by atoms with Crippen LogP contribution in [0.25, 0.3) is 0 Å². The fraction of sp³-hybridized carbons (Fsp3) is 0.529. The van der Waals surface area contributed by atoms with Crippen LogP contribution in [0.1, 0.15) is 56.6 Å². The van der Waals surface area contributed by atoms with Crippen molar-refractivity contribution in [2.75, 3.05) is 13.2 Å². The summed E-state index contributed by atoms with van der Waals surface area (Å²) in [7, 11) is 0. The molecule has 2 N–H and O–H groups in total. The van der Waals surface area contributed by atoms with E-state index in [1.165, 1.54) is 6.92 Å². The summed E-state index contributed by atoms with van der Waals surface area (Å²) in [5.74, 6) is -1.39. The van der Waals surface area contributed by atoms with Crippen molar-refractivity contribution in [2.24, 2.45) is 0 Å². The smallest absolute Gasteiger partial charge is 0.407 e. The molecule has 0 radical (unpaired) electrons. The highest BCUT2D eigenvalue weighted by atomic mass is 35.5. The Bertz CT molecular complexity index is 657. The van der Waals surface area contributed by atoms with Crippen molar-refractivity contribution in [2.45, 2.75) is 46.3 Å². The van der Waals surface area contributed by atoms with Crippen molar-refractivity contribution in [3.8, 4) is 5.75 Å². The lowest BCUT2D eigenvalue weighted by Gasteiger charge is -2.22. The van der Waals surface area contributed by atoms with E-state index in [4.69, 9.17) is 21.1 Å². The molecule has 0 aromatic heterocycles. The Balaban J connectivity index is 3.13. The second-order valence-electron chi connectivity index (χ2n) is 6.35. The number of ether oxygens (including phenoxy) is 2. The molecule has 8 heteroatoms. The highest BCUT2D eigenvalue weighted by molar-refractivity contribution is 6.31. The third-order valence-corrected chi connectivity index (χ3v) is 3.32. The molecule has 1 aromatic carbocycles. The first-order chi connectivity index (χ1) is 11.5. The van der Waals surface area contributed by atoms with Crippen LogP contribution in [-0.2, 0) is 4.74 Å². The number of Topliss-reactive ketones (excluding diaryl/α,β-unsaturated/α-hetero) is 1. The summed E-state index contributed by atoms with van der Waals surface area (Å²) < 4.78 is 24.8. The van der Waals surface area contributed by atoms with E-state index in [0.29, 0.717) is 0 Å². The van der Waals surface area contributed by atoms with E-state index in [9.17, 15) is 19.1 Å². The molecular formula is C17H23ClFNO5. The van der Waals surface area contributed by atoms with Gasteiger partial charge in [-0.2, -0.15) is 0 Å². The van der Waals surface area contributed by atoms with Gasteiger partial charge in [0.05, 0.1) is 29.3 Å². The molecule has 0 saturated heterocycles. The zero-order valence-electron chi connectivity index (χ0n) is 14.9. The predicted molar refractivity (Wildman–Crippen MR) is 91.8 cm³/mol. The number of nitrogens with one attached hydrogen (secondary N) is 1. The number of ketones is 1. The minimum absolute atomic E-state index is 0.0552. The number of halogens is 2. The Labute approximate surface area is 151 Å². The summed E-state index contributed by atoms with van der Waals surface area (Å²) >= 11 is 5.82. The van der Waals surface area contributed by atoms with Gasteiger partial charge in [-0.3, -0.25) is 4.79 Å². The van der Waals surface area contributed by atoms with E-state index >= 15 is 0 Å². The summed E-state index contributed by atoms with van der Waals surface area (Å²) in [6, 6.07) is 1.15. The average Bonchev–Trinajstić information content (AvgIpc) is 2.46. The third-order valence-electron chi connectivity index (χ3n) is 3.05. The molecule has 1 unspecified atom stereocenters. The Morgan fingerprint density at radius 1 is 1.40 bits per heavy atom. The number of aliphatic hydroxyl groups is 1. The van der Waals surface area contributed by atoms with Gasteiger partial charge in [-0.25, -0.2) is 9.18 Å². The van der Waals surface area contributed by atoms with Crippen LogP contribution in [0.15, 0.2) is 6.07 Å². The Morgan fingerprint density at radius 3 is 2.48 bits per heavy atom. The molecule has 0 aliphatic heterocycles. The first-order valence-corrected chi connectivity index (χ1v) is 8.16. The number of alkyl carbamates (subject to hydrolysis) is 1. The van der Waals surface area contributed by atoms with Crippen molar-refractivity contribution in [1.82, 2.24) is 5.32 Å². The molecule has 1 atom stereocenters. The SMILES string of the molecule is CCOc1c(C(C)=O)cc(Cl)c(F)c1C(O)CNC(=O)OC(C)(C)C. The topological polar surface area (TPSA) is 84.9 Å². The molecule has 0 aliphatic rings. The van der Waals surface area contributed by atoms with Gasteiger partial charge >= 0.3 is 6.09 Å². The molecule has 140 valence electrons. The molecule has 0 fully saturated rings. The molecule has 0 heterocycles. The third kappa shape index (κ3) is 5.86. The van der Waals surface area contributed by atoms with Crippen LogP contribution >= 0.6 is 11.6 Å². The molecule has 6 nitrogen and oxygen atoms in total. The van der Waals surface area contributed by atoms with Gasteiger partial charge in [0.15, 0.2) is 11.6 Å². The lowest BCUT2D eigenvalue weighted by atomic mass is 10.0. The molecule has 0 spiro atoms. The monoisotopic (exact) mass is 375 g/mol. The number of carbonyl (C=O) groups is 2. The summed E-state index contributed by atoms with van der Waals surface area (Å²) in [6.07, 6.45) is -2.25. The van der Waals surface area contributed by atoms with Crippen LogP contribution in [0.2, 0.25) is 5.02 Å². The van der Waals surface area contributed by atoms with Crippen molar-refractivity contribution in [1.29, 1.82) is 0 Å². The number of rotatable bonds is 6. The Kier molecular flexibility index (Phi) is 7.19. The molecule has 1 amide bonds. The second-order valence-corrected chi connectivity index (χ2v) is 6.76. The average molecular weight is 376 g/mol. The number of benzene rings is 1. The summed E-state index contributed by atoms with van der Waals surface area (Å²) in [5, 5.41) is 12.3. The molecule has 1 rings (SSSR count). The zero-order valence-corrected chi connectivity index (χ0v) is 15.7. The summed E-state index contributed by atoms with van der Waals surface area (Å²) in [6.45, 7) is 7.81. The fourth-order valence-electron chi connectivity index (χ4n) is 2.08. The zero-order chi connectivity index (χ0) is 19.4. The molecular weight excluding hydrogens is 353 g/mol. The van der Waals surface area contributed by atoms with Crippen molar-refractivity contribution >= 4 is 23.5 Å². The number of hydrogen-bond donors (Lipinski definition) is 2. The van der Waals surface area contributed by atoms with E-state index in [1.807, 2.05) is 0 Å². The highest BCUT2D eigenvalue weighted by Crippen LogP contribution is 2.36. The summed E-state index contributed by atoms with van der Waals surface area (Å²) in [5.41, 5.74) is -0.940. The Morgan fingerprint density at radius 2 is 2.00 bits per heavy atom. The van der Waals surface area contributed by atoms with Gasteiger partial charge < -0.3 is 19.9 Å². The van der Waals surface area contributed by atoms with Crippen molar-refractivity contribution in [3.63, 3.8) is 0 Å². The maximum Gasteiger partial charge on any atom is 0.407 e. The van der Waals surface area contributed by atoms with E-state index in [1.54, 1.807) is 27.7 Å². The standard InChI is InChI=1S/C17H23ClFNO5/c1-6-24-15-10(9(2)21)7-11(18)14(19)13(15)12(22)8-20-16(23)25-17(3,4)5/h7,12,22H,6,8H2,1-5H3,(H,20,23). The van der Waals surface area contributed by atoms with Crippen LogP contribution in [0.5, 0.6) is 5.75 Å². The van der Waals surface area contributed by atoms with Gasteiger partial charge in [0.1, 0.15) is 17.5 Å². The van der Waals surface area contributed by atoms with E-state index < -0.39 is 23.6 Å². The quantitative estimate of drug-likeness (QED) is 0.741. The molecule has 0 bridgehead atoms. The van der Waals surface area contributed by atoms with E-state index in [-0.39, 0.29) is 40.8 Å². The first-order valence-electron chi connectivity index (χ1n) is 7.78. The summed E-state index contributed by atoms with van der Waals surface area (Å²) in [4.78, 5) is 23.5. The number of hydrogen-bond acceptors (Lipinski definition) is 5. The minimum Gasteiger partial charge on any atom is -0.493 e. The number of aliphatic hydroxyl groups excluding tert-OH is 1. The maximum atomic E-state index is 14.4. The van der Waals surface area contributed by atoms with Crippen molar-refractivity contribution in [3.05, 3.63) is 28.0 Å². The maximum absolute atomic E-state index is 14.4. The van der Waals surface area contributed by atoms with Crippen LogP contribution in [0.3, 0.4) is 0 Å². The van der Waals surface area contributed by atoms with E-state index in [0.717, 1.165) is 6.07 Å². The van der Waals surface area contributed by atoms with Gasteiger partial charge in [-0.05, 0) is 40.7 Å². The predicted octanol–water partition coefficient (Wildman–Crippen LogP) is 3.64. The highest BCUT2D eigenvalue weighted by Gasteiger charge is 2.27. The molecule has 0 saturated carbocycles. The van der Waals surface area contributed by atoms with Crippen LogP contribution < -0.4 is 10.1 Å². The molecule has 1 aromatic rings. The fourth-order valence-corrected chi connectivity index (χ4v) is 2.30. The second kappa shape index (κ2) is 8.49.